The number of hydrogen-bond acceptors (Lipinski definition) is 6. The Morgan fingerprint density at radius 2 is 1.91 bits per heavy atom. The fraction of sp³-hybridized carbons (Fsp3) is 0.348. The molecule has 0 radical (unpaired) electrons. The molecule has 2 aromatic carbocycles. The van der Waals surface area contributed by atoms with Gasteiger partial charge in [-0.05, 0) is 49.2 Å². The van der Waals surface area contributed by atoms with Crippen LogP contribution in [0.2, 0.25) is 0 Å². The number of aromatic nitrogens is 4. The molecule has 0 unspecified atom stereocenters. The number of hydrogen-bond donors (Lipinski definition) is 1. The van der Waals surface area contributed by atoms with Gasteiger partial charge in [0.15, 0.2) is 0 Å². The first-order valence-corrected chi connectivity index (χ1v) is 10.7. The van der Waals surface area contributed by atoms with Gasteiger partial charge >= 0.3 is 6.18 Å². The largest absolute Gasteiger partial charge is 0.416 e. The quantitative estimate of drug-likeness (QED) is 0.484. The molecule has 2 aromatic heterocycles. The molecule has 1 aliphatic rings. The predicted octanol–water partition coefficient (Wildman–Crippen LogP) is 4.61. The zero-order valence-corrected chi connectivity index (χ0v) is 18.2. The highest BCUT2D eigenvalue weighted by Gasteiger charge is 2.33. The zero-order chi connectivity index (χ0) is 23.2. The summed E-state index contributed by atoms with van der Waals surface area (Å²) >= 11 is 0. The highest BCUT2D eigenvalue weighted by atomic mass is 19.4. The van der Waals surface area contributed by atoms with E-state index in [0.29, 0.717) is 30.4 Å². The summed E-state index contributed by atoms with van der Waals surface area (Å²) in [4.78, 5) is 6.87. The second-order valence-electron chi connectivity index (χ2n) is 8.15. The lowest BCUT2D eigenvalue weighted by atomic mass is 9.97. The number of alkyl halides is 3. The molecule has 4 aromatic rings. The summed E-state index contributed by atoms with van der Waals surface area (Å²) in [7, 11) is 0. The molecule has 0 amide bonds. The summed E-state index contributed by atoms with van der Waals surface area (Å²) in [6.45, 7) is 6.23. The molecule has 172 valence electrons. The number of ether oxygens (including phenoxy) is 1. The maximum Gasteiger partial charge on any atom is 0.416 e. The number of halogens is 3. The van der Waals surface area contributed by atoms with E-state index in [1.54, 1.807) is 16.8 Å². The van der Waals surface area contributed by atoms with E-state index in [0.717, 1.165) is 35.7 Å². The van der Waals surface area contributed by atoms with Gasteiger partial charge in [0.05, 0.1) is 30.3 Å². The van der Waals surface area contributed by atoms with Gasteiger partial charge in [0.25, 0.3) is 5.78 Å². The van der Waals surface area contributed by atoms with Crippen LogP contribution in [0.5, 0.6) is 0 Å². The van der Waals surface area contributed by atoms with Crippen LogP contribution in [-0.4, -0.2) is 45.9 Å². The van der Waals surface area contributed by atoms with Crippen LogP contribution in [0.1, 0.15) is 29.7 Å². The Bertz CT molecular complexity index is 1310. The molecule has 0 saturated carbocycles. The Labute approximate surface area is 188 Å². The van der Waals surface area contributed by atoms with Crippen LogP contribution in [-0.2, 0) is 10.9 Å². The molecule has 5 rings (SSSR count). The zero-order valence-electron chi connectivity index (χ0n) is 18.2. The minimum Gasteiger partial charge on any atom is -0.378 e. The van der Waals surface area contributed by atoms with E-state index >= 15 is 0 Å². The molecule has 0 spiro atoms. The van der Waals surface area contributed by atoms with Crippen LogP contribution in [0.3, 0.4) is 0 Å². The topological polar surface area (TPSA) is 67.6 Å². The Morgan fingerprint density at radius 1 is 1.12 bits per heavy atom. The third-order valence-electron chi connectivity index (χ3n) is 6.11. The Hall–Kier alpha value is -3.40. The van der Waals surface area contributed by atoms with Gasteiger partial charge in [-0.1, -0.05) is 12.1 Å². The second kappa shape index (κ2) is 8.18. The average molecular weight is 456 g/mol. The lowest BCUT2D eigenvalue weighted by Gasteiger charge is -2.29. The highest BCUT2D eigenvalue weighted by Crippen LogP contribution is 2.36. The first-order valence-electron chi connectivity index (χ1n) is 10.7. The minimum absolute atomic E-state index is 0.201. The molecule has 0 aliphatic carbocycles. The molecule has 1 saturated heterocycles. The minimum atomic E-state index is -4.40. The predicted molar refractivity (Wildman–Crippen MR) is 120 cm³/mol. The van der Waals surface area contributed by atoms with Crippen molar-refractivity contribution >= 4 is 28.2 Å². The number of morpholine rings is 1. The van der Waals surface area contributed by atoms with Gasteiger partial charge in [-0.2, -0.15) is 18.2 Å². The SMILES string of the molecule is Cc1c([C@@H](C)Nc2nc3nncn3c3ccc(N4CCOCC4)cc23)cccc1C(F)(F)F. The number of rotatable bonds is 4. The van der Waals surface area contributed by atoms with Crippen molar-refractivity contribution in [3.63, 3.8) is 0 Å². The van der Waals surface area contributed by atoms with E-state index in [9.17, 15) is 13.2 Å². The number of benzene rings is 2. The van der Waals surface area contributed by atoms with Gasteiger partial charge < -0.3 is 15.0 Å². The lowest BCUT2D eigenvalue weighted by Crippen LogP contribution is -2.36. The third-order valence-corrected chi connectivity index (χ3v) is 6.11. The van der Waals surface area contributed by atoms with Gasteiger partial charge in [-0.3, -0.25) is 4.40 Å². The lowest BCUT2D eigenvalue weighted by molar-refractivity contribution is -0.138. The van der Waals surface area contributed by atoms with E-state index in [-0.39, 0.29) is 5.56 Å². The van der Waals surface area contributed by atoms with Crippen LogP contribution in [0.25, 0.3) is 16.7 Å². The summed E-state index contributed by atoms with van der Waals surface area (Å²) in [5.74, 6) is 0.960. The molecule has 1 atom stereocenters. The molecule has 1 aliphatic heterocycles. The summed E-state index contributed by atoms with van der Waals surface area (Å²) in [6, 6.07) is 9.91. The number of fused-ring (bicyclic) bond motifs is 3. The summed E-state index contributed by atoms with van der Waals surface area (Å²) in [6.07, 6.45) is -2.80. The molecule has 33 heavy (non-hydrogen) atoms. The van der Waals surface area contributed by atoms with Crippen molar-refractivity contribution in [1.82, 2.24) is 19.6 Å². The number of nitrogens with one attached hydrogen (secondary N) is 1. The first-order chi connectivity index (χ1) is 15.8. The molecular weight excluding hydrogens is 433 g/mol. The standard InChI is InChI=1S/C23H23F3N6O/c1-14-17(4-3-5-19(14)23(24,25)26)15(2)28-21-18-12-16(31-8-10-33-11-9-31)6-7-20(18)32-13-27-30-22(32)29-21/h3-7,12-13,15H,8-11H2,1-2H3,(H,28,29,30)/t15-/m1/s1. The van der Waals surface area contributed by atoms with Crippen LogP contribution in [0.4, 0.5) is 24.7 Å². The molecule has 3 heterocycles. The number of nitrogens with zero attached hydrogens (tertiary/aromatic N) is 5. The van der Waals surface area contributed by atoms with Gasteiger partial charge in [0, 0.05) is 24.2 Å². The Kier molecular flexibility index (Phi) is 5.32. The smallest absolute Gasteiger partial charge is 0.378 e. The average Bonchev–Trinajstić information content (AvgIpc) is 3.27. The van der Waals surface area contributed by atoms with Crippen molar-refractivity contribution in [3.05, 3.63) is 59.4 Å². The third kappa shape index (κ3) is 3.95. The molecule has 1 fully saturated rings. The normalized spacial score (nSPS) is 15.8. The highest BCUT2D eigenvalue weighted by molar-refractivity contribution is 5.93. The van der Waals surface area contributed by atoms with Gasteiger partial charge in [-0.15, -0.1) is 10.2 Å². The van der Waals surface area contributed by atoms with E-state index in [1.807, 2.05) is 25.1 Å². The van der Waals surface area contributed by atoms with E-state index in [2.05, 4.69) is 25.4 Å². The van der Waals surface area contributed by atoms with Gasteiger partial charge in [0.1, 0.15) is 12.1 Å². The van der Waals surface area contributed by atoms with Crippen molar-refractivity contribution in [2.75, 3.05) is 36.5 Å². The maximum atomic E-state index is 13.4. The van der Waals surface area contributed by atoms with Gasteiger partial charge in [0.2, 0.25) is 0 Å². The van der Waals surface area contributed by atoms with Crippen LogP contribution in [0, 0.1) is 6.92 Å². The molecule has 7 nitrogen and oxygen atoms in total. The van der Waals surface area contributed by atoms with Crippen molar-refractivity contribution in [1.29, 1.82) is 0 Å². The van der Waals surface area contributed by atoms with E-state index < -0.39 is 17.8 Å². The van der Waals surface area contributed by atoms with Crippen LogP contribution in [0.15, 0.2) is 42.7 Å². The Balaban J connectivity index is 1.58. The number of anilines is 2. The van der Waals surface area contributed by atoms with Crippen molar-refractivity contribution in [3.8, 4) is 0 Å². The molecule has 1 N–H and O–H groups in total. The Morgan fingerprint density at radius 3 is 2.67 bits per heavy atom. The van der Waals surface area contributed by atoms with Crippen LogP contribution >= 0.6 is 0 Å². The monoisotopic (exact) mass is 456 g/mol. The first kappa shape index (κ1) is 21.4. The summed E-state index contributed by atoms with van der Waals surface area (Å²) in [5, 5.41) is 12.2. The van der Waals surface area contributed by atoms with Gasteiger partial charge in [-0.25, -0.2) is 0 Å². The summed E-state index contributed by atoms with van der Waals surface area (Å²) in [5.41, 5.74) is 2.02. The summed E-state index contributed by atoms with van der Waals surface area (Å²) < 4.78 is 47.5. The van der Waals surface area contributed by atoms with Crippen molar-refractivity contribution in [2.24, 2.45) is 0 Å². The second-order valence-corrected chi connectivity index (χ2v) is 8.15. The van der Waals surface area contributed by atoms with E-state index in [1.165, 1.54) is 13.0 Å². The van der Waals surface area contributed by atoms with Crippen molar-refractivity contribution < 1.29 is 17.9 Å². The molecular formula is C23H23F3N6O. The fourth-order valence-corrected chi connectivity index (χ4v) is 4.40. The van der Waals surface area contributed by atoms with Crippen molar-refractivity contribution in [2.45, 2.75) is 26.1 Å². The molecule has 0 bridgehead atoms. The maximum absolute atomic E-state index is 13.4. The molecule has 10 heteroatoms. The fourth-order valence-electron chi connectivity index (χ4n) is 4.40. The van der Waals surface area contributed by atoms with E-state index in [4.69, 9.17) is 4.74 Å². The van der Waals surface area contributed by atoms with Crippen LogP contribution < -0.4 is 10.2 Å².